The van der Waals surface area contributed by atoms with E-state index in [1.807, 2.05) is 0 Å². The van der Waals surface area contributed by atoms with E-state index in [1.165, 1.54) is 6.07 Å². The van der Waals surface area contributed by atoms with Gasteiger partial charge in [-0.1, -0.05) is 0 Å². The van der Waals surface area contributed by atoms with Gasteiger partial charge in [-0.05, 0) is 34.1 Å². The zero-order chi connectivity index (χ0) is 10.7. The van der Waals surface area contributed by atoms with Crippen molar-refractivity contribution in [2.24, 2.45) is 0 Å². The first-order valence-corrected chi connectivity index (χ1v) is 5.11. The molecule has 0 saturated carbocycles. The van der Waals surface area contributed by atoms with Crippen LogP contribution in [0, 0.1) is 5.82 Å². The molecule has 0 aliphatic rings. The second-order valence-corrected chi connectivity index (χ2v) is 3.75. The van der Waals surface area contributed by atoms with Gasteiger partial charge >= 0.3 is 0 Å². The third-order valence-electron chi connectivity index (χ3n) is 1.82. The molecule has 0 atom stereocenters. The summed E-state index contributed by atoms with van der Waals surface area (Å²) in [4.78, 5) is 6.92. The van der Waals surface area contributed by atoms with E-state index in [0.717, 1.165) is 5.82 Å². The van der Waals surface area contributed by atoms with E-state index in [-0.39, 0.29) is 5.82 Å². The molecule has 0 spiro atoms. The van der Waals surface area contributed by atoms with Crippen molar-refractivity contribution >= 4 is 15.9 Å². The topological polar surface area (TPSA) is 37.9 Å². The quantitative estimate of drug-likeness (QED) is 0.932. The predicted octanol–water partition coefficient (Wildman–Crippen LogP) is 2.89. The number of aromatic amines is 1. The van der Waals surface area contributed by atoms with Crippen molar-refractivity contribution in [3.05, 3.63) is 46.7 Å². The van der Waals surface area contributed by atoms with Crippen molar-refractivity contribution in [1.29, 1.82) is 0 Å². The van der Waals surface area contributed by atoms with E-state index in [2.05, 4.69) is 25.9 Å². The van der Waals surface area contributed by atoms with Gasteiger partial charge in [0.25, 0.3) is 0 Å². The van der Waals surface area contributed by atoms with Crippen molar-refractivity contribution in [2.45, 2.75) is 6.61 Å². The Bertz CT molecular complexity index is 445. The number of ether oxygens (including phenoxy) is 1. The molecular weight excluding hydrogens is 263 g/mol. The molecule has 1 aromatic heterocycles. The molecule has 1 heterocycles. The average Bonchev–Trinajstić information content (AvgIpc) is 2.73. The normalized spacial score (nSPS) is 10.3. The molecule has 0 saturated heterocycles. The molecule has 0 aliphatic carbocycles. The molecule has 1 aromatic carbocycles. The fraction of sp³-hybridized carbons (Fsp3) is 0.100. The Morgan fingerprint density at radius 3 is 3.00 bits per heavy atom. The van der Waals surface area contributed by atoms with Crippen LogP contribution in [0.1, 0.15) is 5.82 Å². The highest BCUT2D eigenvalue weighted by Gasteiger charge is 2.02. The molecule has 2 aromatic rings. The van der Waals surface area contributed by atoms with E-state index in [1.54, 1.807) is 24.5 Å². The molecule has 3 nitrogen and oxygen atoms in total. The molecule has 0 radical (unpaired) electrons. The monoisotopic (exact) mass is 270 g/mol. The summed E-state index contributed by atoms with van der Waals surface area (Å²) in [5, 5.41) is 0. The highest BCUT2D eigenvalue weighted by molar-refractivity contribution is 9.10. The minimum atomic E-state index is -0.305. The molecular formula is C10H8BrFN2O. The second-order valence-electron chi connectivity index (χ2n) is 2.90. The van der Waals surface area contributed by atoms with Crippen LogP contribution in [0.2, 0.25) is 0 Å². The maximum Gasteiger partial charge on any atom is 0.146 e. The van der Waals surface area contributed by atoms with Gasteiger partial charge in [-0.2, -0.15) is 0 Å². The largest absolute Gasteiger partial charge is 0.486 e. The van der Waals surface area contributed by atoms with Crippen LogP contribution in [-0.4, -0.2) is 9.97 Å². The van der Waals surface area contributed by atoms with Crippen LogP contribution in [0.5, 0.6) is 5.75 Å². The Kier molecular flexibility index (Phi) is 3.01. The number of halogens is 2. The standard InChI is InChI=1S/C10H8BrFN2O/c11-8-5-7(1-2-9(8)12)15-6-10-13-3-4-14-10/h1-5H,6H2,(H,13,14). The predicted molar refractivity (Wildman–Crippen MR) is 57.0 cm³/mol. The second kappa shape index (κ2) is 4.44. The van der Waals surface area contributed by atoms with Crippen LogP contribution in [0.3, 0.4) is 0 Å². The van der Waals surface area contributed by atoms with Crippen molar-refractivity contribution < 1.29 is 9.13 Å². The summed E-state index contributed by atoms with van der Waals surface area (Å²) in [5.41, 5.74) is 0. The smallest absolute Gasteiger partial charge is 0.146 e. The van der Waals surface area contributed by atoms with Gasteiger partial charge in [-0.3, -0.25) is 0 Å². The van der Waals surface area contributed by atoms with E-state index in [9.17, 15) is 4.39 Å². The first-order chi connectivity index (χ1) is 7.25. The Hall–Kier alpha value is -1.36. The number of nitrogens with one attached hydrogen (secondary N) is 1. The summed E-state index contributed by atoms with van der Waals surface area (Å²) in [6.45, 7) is 0.338. The number of nitrogens with zero attached hydrogens (tertiary/aromatic N) is 1. The first kappa shape index (κ1) is 10.2. The summed E-state index contributed by atoms with van der Waals surface area (Å²) >= 11 is 3.09. The van der Waals surface area contributed by atoms with E-state index in [0.29, 0.717) is 16.8 Å². The lowest BCUT2D eigenvalue weighted by Gasteiger charge is -2.04. The number of rotatable bonds is 3. The summed E-state index contributed by atoms with van der Waals surface area (Å²) in [6, 6.07) is 4.50. The van der Waals surface area contributed by atoms with Crippen LogP contribution in [-0.2, 0) is 6.61 Å². The van der Waals surface area contributed by atoms with Crippen molar-refractivity contribution in [3.63, 3.8) is 0 Å². The van der Waals surface area contributed by atoms with Crippen molar-refractivity contribution in [2.75, 3.05) is 0 Å². The molecule has 15 heavy (non-hydrogen) atoms. The molecule has 0 aliphatic heterocycles. The summed E-state index contributed by atoms with van der Waals surface area (Å²) in [5.74, 6) is 1.02. The van der Waals surface area contributed by atoms with Crippen LogP contribution in [0.4, 0.5) is 4.39 Å². The molecule has 5 heteroatoms. The van der Waals surface area contributed by atoms with Gasteiger partial charge in [0.1, 0.15) is 24.0 Å². The Morgan fingerprint density at radius 2 is 2.33 bits per heavy atom. The van der Waals surface area contributed by atoms with Gasteiger partial charge in [0.2, 0.25) is 0 Å². The number of imidazole rings is 1. The maximum atomic E-state index is 12.9. The number of benzene rings is 1. The molecule has 0 fully saturated rings. The molecule has 1 N–H and O–H groups in total. The Balaban J connectivity index is 2.02. The van der Waals surface area contributed by atoms with E-state index >= 15 is 0 Å². The summed E-state index contributed by atoms with van der Waals surface area (Å²) < 4.78 is 18.7. The minimum Gasteiger partial charge on any atom is -0.486 e. The fourth-order valence-corrected chi connectivity index (χ4v) is 1.45. The van der Waals surface area contributed by atoms with Gasteiger partial charge in [0.05, 0.1) is 4.47 Å². The zero-order valence-electron chi connectivity index (χ0n) is 7.71. The van der Waals surface area contributed by atoms with Gasteiger partial charge in [0.15, 0.2) is 0 Å². The summed E-state index contributed by atoms with van der Waals surface area (Å²) in [6.07, 6.45) is 3.37. The van der Waals surface area contributed by atoms with Crippen LogP contribution >= 0.6 is 15.9 Å². The van der Waals surface area contributed by atoms with Crippen LogP contribution in [0.15, 0.2) is 35.1 Å². The Labute approximate surface area is 94.4 Å². The Morgan fingerprint density at radius 1 is 1.47 bits per heavy atom. The molecule has 0 bridgehead atoms. The molecule has 0 amide bonds. The SMILES string of the molecule is Fc1ccc(OCc2ncc[nH]2)cc1Br. The maximum absolute atomic E-state index is 12.9. The van der Waals surface area contributed by atoms with Crippen LogP contribution in [0.25, 0.3) is 0 Å². The van der Waals surface area contributed by atoms with Gasteiger partial charge < -0.3 is 9.72 Å². The average molecular weight is 271 g/mol. The molecule has 0 unspecified atom stereocenters. The van der Waals surface area contributed by atoms with Crippen LogP contribution < -0.4 is 4.74 Å². The first-order valence-electron chi connectivity index (χ1n) is 4.32. The number of aromatic nitrogens is 2. The highest BCUT2D eigenvalue weighted by atomic mass is 79.9. The van der Waals surface area contributed by atoms with Crippen molar-refractivity contribution in [1.82, 2.24) is 9.97 Å². The van der Waals surface area contributed by atoms with Gasteiger partial charge in [0, 0.05) is 12.4 Å². The molecule has 78 valence electrons. The zero-order valence-corrected chi connectivity index (χ0v) is 9.29. The van der Waals surface area contributed by atoms with Gasteiger partial charge in [-0.15, -0.1) is 0 Å². The number of hydrogen-bond acceptors (Lipinski definition) is 2. The lowest BCUT2D eigenvalue weighted by atomic mass is 10.3. The van der Waals surface area contributed by atoms with E-state index < -0.39 is 0 Å². The number of hydrogen-bond donors (Lipinski definition) is 1. The van der Waals surface area contributed by atoms with Crippen molar-refractivity contribution in [3.8, 4) is 5.75 Å². The third kappa shape index (κ3) is 2.56. The fourth-order valence-electron chi connectivity index (χ4n) is 1.10. The highest BCUT2D eigenvalue weighted by Crippen LogP contribution is 2.21. The number of H-pyrrole nitrogens is 1. The third-order valence-corrected chi connectivity index (χ3v) is 2.43. The summed E-state index contributed by atoms with van der Waals surface area (Å²) in [7, 11) is 0. The van der Waals surface area contributed by atoms with Gasteiger partial charge in [-0.25, -0.2) is 9.37 Å². The lowest BCUT2D eigenvalue weighted by Crippen LogP contribution is -1.97. The molecule has 2 rings (SSSR count). The minimum absolute atomic E-state index is 0.305. The van der Waals surface area contributed by atoms with E-state index in [4.69, 9.17) is 4.74 Å². The lowest BCUT2D eigenvalue weighted by molar-refractivity contribution is 0.296.